The van der Waals surface area contributed by atoms with Gasteiger partial charge in [0, 0.05) is 25.0 Å². The normalized spacial score (nSPS) is 17.4. The highest BCUT2D eigenvalue weighted by Crippen LogP contribution is 2.23. The first-order chi connectivity index (χ1) is 13.7. The Kier molecular flexibility index (Phi) is 5.39. The highest BCUT2D eigenvalue weighted by molar-refractivity contribution is 5.93. The largest absolute Gasteiger partial charge is 0.508 e. The maximum Gasteiger partial charge on any atom is 0.228 e. The second-order valence-corrected chi connectivity index (χ2v) is 7.28. The van der Waals surface area contributed by atoms with Gasteiger partial charge in [-0.05, 0) is 60.8 Å². The van der Waals surface area contributed by atoms with Crippen LogP contribution >= 0.6 is 0 Å². The minimum atomic E-state index is -0.0293. The number of phenols is 1. The molecule has 2 heterocycles. The lowest BCUT2D eigenvalue weighted by Crippen LogP contribution is -2.40. The summed E-state index contributed by atoms with van der Waals surface area (Å²) in [6, 6.07) is 17.0. The van der Waals surface area contributed by atoms with Gasteiger partial charge in [0.2, 0.25) is 5.91 Å². The van der Waals surface area contributed by atoms with Crippen molar-refractivity contribution in [3.8, 4) is 17.0 Å². The summed E-state index contributed by atoms with van der Waals surface area (Å²) in [5, 5.41) is 19.6. The van der Waals surface area contributed by atoms with Gasteiger partial charge in [-0.2, -0.15) is 5.10 Å². The average Bonchev–Trinajstić information content (AvgIpc) is 3.24. The van der Waals surface area contributed by atoms with Crippen molar-refractivity contribution >= 4 is 11.6 Å². The van der Waals surface area contributed by atoms with Crippen molar-refractivity contribution in [3.63, 3.8) is 0 Å². The van der Waals surface area contributed by atoms with Crippen LogP contribution in [0.2, 0.25) is 0 Å². The molecule has 0 bridgehead atoms. The highest BCUT2D eigenvalue weighted by atomic mass is 16.3. The number of amides is 1. The van der Waals surface area contributed by atoms with E-state index in [1.165, 1.54) is 0 Å². The van der Waals surface area contributed by atoms with Gasteiger partial charge in [0.1, 0.15) is 5.75 Å². The van der Waals surface area contributed by atoms with E-state index in [4.69, 9.17) is 0 Å². The predicted octanol–water partition coefficient (Wildman–Crippen LogP) is 3.63. The number of nitrogens with zero attached hydrogens (tertiary/aromatic N) is 2. The summed E-state index contributed by atoms with van der Waals surface area (Å²) in [4.78, 5) is 15.0. The first-order valence-electron chi connectivity index (χ1n) is 9.58. The minimum Gasteiger partial charge on any atom is -0.508 e. The number of aromatic amines is 1. The van der Waals surface area contributed by atoms with Crippen LogP contribution in [-0.2, 0) is 11.3 Å². The van der Waals surface area contributed by atoms with Crippen molar-refractivity contribution in [1.29, 1.82) is 0 Å². The summed E-state index contributed by atoms with van der Waals surface area (Å²) in [6.07, 6.45) is 3.61. The van der Waals surface area contributed by atoms with Crippen LogP contribution in [0, 0.1) is 5.92 Å². The summed E-state index contributed by atoms with van der Waals surface area (Å²) in [6.45, 7) is 2.45. The summed E-state index contributed by atoms with van der Waals surface area (Å²) in [7, 11) is 0. The number of piperidine rings is 1. The molecule has 6 nitrogen and oxygen atoms in total. The molecule has 0 spiro atoms. The van der Waals surface area contributed by atoms with Crippen LogP contribution in [0.4, 0.5) is 5.69 Å². The smallest absolute Gasteiger partial charge is 0.228 e. The molecule has 1 amide bonds. The maximum absolute atomic E-state index is 12.7. The highest BCUT2D eigenvalue weighted by Gasteiger charge is 2.26. The lowest BCUT2D eigenvalue weighted by molar-refractivity contribution is -0.121. The van der Waals surface area contributed by atoms with Crippen LogP contribution in [-0.4, -0.2) is 39.2 Å². The van der Waals surface area contributed by atoms with Crippen molar-refractivity contribution in [2.45, 2.75) is 19.4 Å². The Morgan fingerprint density at radius 3 is 2.82 bits per heavy atom. The Bertz CT molecular complexity index is 922. The van der Waals surface area contributed by atoms with Gasteiger partial charge in [0.25, 0.3) is 0 Å². The predicted molar refractivity (Wildman–Crippen MR) is 109 cm³/mol. The Hall–Kier alpha value is -3.12. The molecule has 3 N–H and O–H groups in total. The number of H-pyrrole nitrogens is 1. The third-order valence-electron chi connectivity index (χ3n) is 5.16. The number of likely N-dealkylation sites (tertiary alicyclic amines) is 1. The van der Waals surface area contributed by atoms with Crippen LogP contribution in [0.15, 0.2) is 60.8 Å². The van der Waals surface area contributed by atoms with Crippen molar-refractivity contribution < 1.29 is 9.90 Å². The van der Waals surface area contributed by atoms with Gasteiger partial charge in [-0.25, -0.2) is 0 Å². The van der Waals surface area contributed by atoms with Crippen LogP contribution < -0.4 is 5.32 Å². The number of anilines is 1. The summed E-state index contributed by atoms with van der Waals surface area (Å²) < 4.78 is 0. The molecule has 28 heavy (non-hydrogen) atoms. The first-order valence-corrected chi connectivity index (χ1v) is 9.58. The van der Waals surface area contributed by atoms with Crippen LogP contribution in [0.25, 0.3) is 11.3 Å². The van der Waals surface area contributed by atoms with Crippen LogP contribution in [0.1, 0.15) is 18.4 Å². The number of hydrogen-bond acceptors (Lipinski definition) is 4. The number of carbonyl (C=O) groups is 1. The van der Waals surface area contributed by atoms with E-state index in [0.717, 1.165) is 55.0 Å². The van der Waals surface area contributed by atoms with E-state index < -0.39 is 0 Å². The van der Waals surface area contributed by atoms with Gasteiger partial charge >= 0.3 is 0 Å². The number of benzene rings is 2. The SMILES string of the molecule is O=C(Nc1ccc(-c2ccn[nH]2)cc1)C1CCCN(Cc2cccc(O)c2)C1. The summed E-state index contributed by atoms with van der Waals surface area (Å²) >= 11 is 0. The van der Waals surface area contributed by atoms with Gasteiger partial charge in [-0.3, -0.25) is 14.8 Å². The number of hydrogen-bond donors (Lipinski definition) is 3. The van der Waals surface area contributed by atoms with E-state index >= 15 is 0 Å². The molecule has 144 valence electrons. The first kappa shape index (κ1) is 18.3. The molecule has 0 aliphatic carbocycles. The third kappa shape index (κ3) is 4.40. The minimum absolute atomic E-state index is 0.0293. The Labute approximate surface area is 164 Å². The zero-order valence-electron chi connectivity index (χ0n) is 15.6. The second kappa shape index (κ2) is 8.27. The lowest BCUT2D eigenvalue weighted by Gasteiger charge is -2.32. The number of nitrogens with one attached hydrogen (secondary N) is 2. The van der Waals surface area contributed by atoms with E-state index in [1.54, 1.807) is 18.3 Å². The fourth-order valence-electron chi connectivity index (χ4n) is 3.72. The molecule has 1 saturated heterocycles. The van der Waals surface area contributed by atoms with Gasteiger partial charge in [-0.15, -0.1) is 0 Å². The number of rotatable bonds is 5. The molecule has 3 aromatic rings. The Morgan fingerprint density at radius 1 is 1.21 bits per heavy atom. The molecule has 0 radical (unpaired) electrons. The molecule has 1 unspecified atom stereocenters. The van der Waals surface area contributed by atoms with Crippen molar-refractivity contribution in [1.82, 2.24) is 15.1 Å². The van der Waals surface area contributed by atoms with Gasteiger partial charge < -0.3 is 10.4 Å². The van der Waals surface area contributed by atoms with E-state index in [1.807, 2.05) is 42.5 Å². The quantitative estimate of drug-likeness (QED) is 0.635. The van der Waals surface area contributed by atoms with Crippen molar-refractivity contribution in [2.75, 3.05) is 18.4 Å². The zero-order valence-corrected chi connectivity index (χ0v) is 15.6. The molecule has 1 aliphatic heterocycles. The second-order valence-electron chi connectivity index (χ2n) is 7.28. The number of carbonyl (C=O) groups excluding carboxylic acids is 1. The maximum atomic E-state index is 12.7. The van der Waals surface area contributed by atoms with Crippen LogP contribution in [0.5, 0.6) is 5.75 Å². The molecule has 1 aromatic heterocycles. The molecule has 1 fully saturated rings. The van der Waals surface area contributed by atoms with Gasteiger partial charge in [0.15, 0.2) is 0 Å². The molecule has 4 rings (SSSR count). The Balaban J connectivity index is 1.35. The van der Waals surface area contributed by atoms with Gasteiger partial charge in [-0.1, -0.05) is 24.3 Å². The zero-order chi connectivity index (χ0) is 19.3. The summed E-state index contributed by atoms with van der Waals surface area (Å²) in [5.41, 5.74) is 3.85. The molecule has 2 aromatic carbocycles. The third-order valence-corrected chi connectivity index (χ3v) is 5.16. The van der Waals surface area contributed by atoms with E-state index in [9.17, 15) is 9.90 Å². The monoisotopic (exact) mass is 376 g/mol. The fraction of sp³-hybridized carbons (Fsp3) is 0.273. The Morgan fingerprint density at radius 2 is 2.07 bits per heavy atom. The van der Waals surface area contributed by atoms with E-state index in [-0.39, 0.29) is 17.6 Å². The number of phenolic OH excluding ortho intramolecular Hbond substituents is 1. The molecule has 0 saturated carbocycles. The van der Waals surface area contributed by atoms with Gasteiger partial charge in [0.05, 0.1) is 11.6 Å². The van der Waals surface area contributed by atoms with Crippen molar-refractivity contribution in [2.24, 2.45) is 5.92 Å². The average molecular weight is 376 g/mol. The molecular weight excluding hydrogens is 352 g/mol. The number of aromatic nitrogens is 2. The standard InChI is InChI=1S/C22H24N4O2/c27-20-5-1-3-16(13-20)14-26-12-2-4-18(15-26)22(28)24-19-8-6-17(7-9-19)21-10-11-23-25-21/h1,3,5-11,13,18,27H,2,4,12,14-15H2,(H,23,25)(H,24,28). The number of aromatic hydroxyl groups is 1. The molecule has 1 aliphatic rings. The fourth-order valence-corrected chi connectivity index (χ4v) is 3.72. The summed E-state index contributed by atoms with van der Waals surface area (Å²) in [5.74, 6) is 0.315. The topological polar surface area (TPSA) is 81.2 Å². The molecule has 1 atom stereocenters. The van der Waals surface area contributed by atoms with E-state index in [0.29, 0.717) is 0 Å². The lowest BCUT2D eigenvalue weighted by atomic mass is 9.96. The van der Waals surface area contributed by atoms with Crippen molar-refractivity contribution in [3.05, 3.63) is 66.4 Å². The molecule has 6 heteroatoms. The van der Waals surface area contributed by atoms with Crippen LogP contribution in [0.3, 0.4) is 0 Å². The molecular formula is C22H24N4O2. The van der Waals surface area contributed by atoms with E-state index in [2.05, 4.69) is 20.4 Å².